The van der Waals surface area contributed by atoms with Gasteiger partial charge in [0.1, 0.15) is 5.60 Å². The average Bonchev–Trinajstić information content (AvgIpc) is 2.26. The zero-order valence-electron chi connectivity index (χ0n) is 12.7. The van der Waals surface area contributed by atoms with Gasteiger partial charge in [-0.25, -0.2) is 9.59 Å². The van der Waals surface area contributed by atoms with Crippen LogP contribution in [0.1, 0.15) is 53.4 Å². The summed E-state index contributed by atoms with van der Waals surface area (Å²) in [5.41, 5.74) is 0.426. The van der Waals surface area contributed by atoms with E-state index in [1.54, 1.807) is 0 Å². The van der Waals surface area contributed by atoms with E-state index in [2.05, 4.69) is 5.32 Å². The second-order valence-corrected chi connectivity index (χ2v) is 6.42. The number of allylic oxidation sites excluding steroid dienone is 1. The lowest BCUT2D eigenvalue weighted by molar-refractivity contribution is -0.131. The molecule has 5 nitrogen and oxygen atoms in total. The highest BCUT2D eigenvalue weighted by molar-refractivity contribution is 5.80. The summed E-state index contributed by atoms with van der Waals surface area (Å²) < 4.78 is 5.23. The van der Waals surface area contributed by atoms with Gasteiger partial charge in [-0.2, -0.15) is 0 Å². The Bertz CT molecular complexity index is 387. The molecule has 1 amide bonds. The van der Waals surface area contributed by atoms with E-state index in [0.29, 0.717) is 5.92 Å². The molecule has 5 heteroatoms. The number of hydrogen-bond acceptors (Lipinski definition) is 3. The van der Waals surface area contributed by atoms with Crippen LogP contribution in [-0.2, 0) is 9.53 Å². The maximum absolute atomic E-state index is 11.7. The summed E-state index contributed by atoms with van der Waals surface area (Å²) in [4.78, 5) is 22.3. The van der Waals surface area contributed by atoms with Crippen molar-refractivity contribution in [1.29, 1.82) is 0 Å². The molecule has 0 saturated heterocycles. The summed E-state index contributed by atoms with van der Waals surface area (Å²) in [5.74, 6) is -0.584. The van der Waals surface area contributed by atoms with Crippen molar-refractivity contribution in [2.45, 2.75) is 65.0 Å². The summed E-state index contributed by atoms with van der Waals surface area (Å²) >= 11 is 0. The molecule has 0 atom stereocenters. The Morgan fingerprint density at radius 2 is 1.75 bits per heavy atom. The lowest BCUT2D eigenvalue weighted by atomic mass is 9.82. The second-order valence-electron chi connectivity index (χ2n) is 6.42. The zero-order valence-corrected chi connectivity index (χ0v) is 12.7. The van der Waals surface area contributed by atoms with Gasteiger partial charge >= 0.3 is 12.1 Å². The Labute approximate surface area is 120 Å². The van der Waals surface area contributed by atoms with Gasteiger partial charge in [-0.1, -0.05) is 5.57 Å². The van der Waals surface area contributed by atoms with E-state index in [1.807, 2.05) is 27.7 Å². The molecule has 1 rings (SSSR count). The summed E-state index contributed by atoms with van der Waals surface area (Å²) in [6, 6.07) is 0.124. The van der Waals surface area contributed by atoms with Crippen LogP contribution >= 0.6 is 0 Å². The van der Waals surface area contributed by atoms with Crippen molar-refractivity contribution in [3.05, 3.63) is 11.6 Å². The van der Waals surface area contributed by atoms with Crippen LogP contribution in [0.5, 0.6) is 0 Å². The molecule has 0 aromatic heterocycles. The number of carbonyl (C=O) groups excluding carboxylic acids is 1. The summed E-state index contributed by atoms with van der Waals surface area (Å²) in [5, 5.41) is 11.6. The number of ether oxygens (including phenoxy) is 1. The summed E-state index contributed by atoms with van der Waals surface area (Å²) in [6.45, 7) is 7.37. The molecule has 1 aliphatic rings. The van der Waals surface area contributed by atoms with Gasteiger partial charge in [0.15, 0.2) is 0 Å². The van der Waals surface area contributed by atoms with Crippen LogP contribution < -0.4 is 5.32 Å². The molecule has 20 heavy (non-hydrogen) atoms. The Kier molecular flexibility index (Phi) is 5.60. The van der Waals surface area contributed by atoms with E-state index in [4.69, 9.17) is 9.84 Å². The van der Waals surface area contributed by atoms with Crippen molar-refractivity contribution in [3.8, 4) is 0 Å². The molecule has 0 spiro atoms. The number of hydrogen-bond donors (Lipinski definition) is 2. The van der Waals surface area contributed by atoms with E-state index in [9.17, 15) is 9.59 Å². The van der Waals surface area contributed by atoms with Gasteiger partial charge < -0.3 is 15.2 Å². The van der Waals surface area contributed by atoms with Crippen molar-refractivity contribution in [2.75, 3.05) is 0 Å². The van der Waals surface area contributed by atoms with Crippen LogP contribution in [0.2, 0.25) is 0 Å². The van der Waals surface area contributed by atoms with Crippen molar-refractivity contribution in [2.24, 2.45) is 5.92 Å². The number of carboxylic acids is 1. The predicted octanol–water partition coefficient (Wildman–Crippen LogP) is 3.10. The van der Waals surface area contributed by atoms with E-state index in [0.717, 1.165) is 31.3 Å². The van der Waals surface area contributed by atoms with Crippen molar-refractivity contribution < 1.29 is 19.4 Å². The number of carbonyl (C=O) groups is 2. The van der Waals surface area contributed by atoms with Gasteiger partial charge in [0.2, 0.25) is 0 Å². The van der Waals surface area contributed by atoms with E-state index in [-0.39, 0.29) is 12.1 Å². The summed E-state index contributed by atoms with van der Waals surface area (Å²) in [7, 11) is 0. The minimum absolute atomic E-state index is 0.124. The lowest BCUT2D eigenvalue weighted by Gasteiger charge is -2.30. The Morgan fingerprint density at radius 3 is 2.20 bits per heavy atom. The fourth-order valence-corrected chi connectivity index (χ4v) is 2.48. The molecule has 0 aliphatic heterocycles. The molecule has 114 valence electrons. The van der Waals surface area contributed by atoms with Crippen molar-refractivity contribution in [1.82, 2.24) is 5.32 Å². The molecule has 0 radical (unpaired) electrons. The van der Waals surface area contributed by atoms with E-state index in [1.165, 1.54) is 6.08 Å². The van der Waals surface area contributed by atoms with Crippen LogP contribution in [0.3, 0.4) is 0 Å². The quantitative estimate of drug-likeness (QED) is 0.780. The highest BCUT2D eigenvalue weighted by atomic mass is 16.6. The molecular weight excluding hydrogens is 258 g/mol. The molecule has 1 fully saturated rings. The topological polar surface area (TPSA) is 75.6 Å². The highest BCUT2D eigenvalue weighted by Gasteiger charge is 2.25. The minimum Gasteiger partial charge on any atom is -0.478 e. The maximum atomic E-state index is 11.7. The third-order valence-electron chi connectivity index (χ3n) is 3.44. The van der Waals surface area contributed by atoms with Crippen LogP contribution in [0.15, 0.2) is 11.6 Å². The summed E-state index contributed by atoms with van der Waals surface area (Å²) in [6.07, 6.45) is 4.42. The molecule has 0 bridgehead atoms. The molecule has 1 aliphatic carbocycles. The molecule has 2 N–H and O–H groups in total. The van der Waals surface area contributed by atoms with Gasteiger partial charge in [0.05, 0.1) is 0 Å². The fourth-order valence-electron chi connectivity index (χ4n) is 2.48. The van der Waals surface area contributed by atoms with E-state index < -0.39 is 11.6 Å². The van der Waals surface area contributed by atoms with Crippen LogP contribution in [0, 0.1) is 5.92 Å². The zero-order chi connectivity index (χ0) is 15.3. The Morgan fingerprint density at radius 1 is 1.20 bits per heavy atom. The maximum Gasteiger partial charge on any atom is 0.407 e. The van der Waals surface area contributed by atoms with Crippen LogP contribution in [-0.4, -0.2) is 28.8 Å². The Hall–Kier alpha value is -1.52. The van der Waals surface area contributed by atoms with Gasteiger partial charge in [0.25, 0.3) is 0 Å². The van der Waals surface area contributed by atoms with E-state index >= 15 is 0 Å². The van der Waals surface area contributed by atoms with Gasteiger partial charge in [0, 0.05) is 12.1 Å². The number of amides is 1. The minimum atomic E-state index is -0.892. The molecule has 0 unspecified atom stereocenters. The van der Waals surface area contributed by atoms with Gasteiger partial charge in [-0.15, -0.1) is 0 Å². The first-order chi connectivity index (χ1) is 9.17. The second kappa shape index (κ2) is 6.77. The highest BCUT2D eigenvalue weighted by Crippen LogP contribution is 2.29. The van der Waals surface area contributed by atoms with Crippen molar-refractivity contribution in [3.63, 3.8) is 0 Å². The first-order valence-corrected chi connectivity index (χ1v) is 7.08. The van der Waals surface area contributed by atoms with Crippen LogP contribution in [0.25, 0.3) is 0 Å². The molecular formula is C15H25NO4. The smallest absolute Gasteiger partial charge is 0.407 e. The SMILES string of the molecule is C/C(=C\C(=O)O)C1CCC(NC(=O)OC(C)(C)C)CC1. The molecule has 1 saturated carbocycles. The Balaban J connectivity index is 2.39. The predicted molar refractivity (Wildman–Crippen MR) is 76.5 cm³/mol. The number of nitrogens with one attached hydrogen (secondary N) is 1. The normalized spacial score (nSPS) is 24.1. The number of carboxylic acid groups (broad SMARTS) is 1. The first-order valence-electron chi connectivity index (χ1n) is 7.08. The number of alkyl carbamates (subject to hydrolysis) is 1. The first kappa shape index (κ1) is 16.5. The van der Waals surface area contributed by atoms with Crippen molar-refractivity contribution >= 4 is 12.1 Å². The molecule has 0 aromatic rings. The van der Waals surface area contributed by atoms with Gasteiger partial charge in [-0.05, 0) is 59.3 Å². The third kappa shape index (κ3) is 6.08. The van der Waals surface area contributed by atoms with Gasteiger partial charge in [-0.3, -0.25) is 0 Å². The lowest BCUT2D eigenvalue weighted by Crippen LogP contribution is -2.41. The fraction of sp³-hybridized carbons (Fsp3) is 0.733. The molecule has 0 heterocycles. The standard InChI is InChI=1S/C15H25NO4/c1-10(9-13(17)18)11-5-7-12(8-6-11)16-14(19)20-15(2,3)4/h9,11-12H,5-8H2,1-4H3,(H,16,19)(H,17,18)/b10-9+. The number of rotatable bonds is 3. The third-order valence-corrected chi connectivity index (χ3v) is 3.44. The van der Waals surface area contributed by atoms with Crippen LogP contribution in [0.4, 0.5) is 4.79 Å². The monoisotopic (exact) mass is 283 g/mol. The average molecular weight is 283 g/mol. The molecule has 0 aromatic carbocycles. The number of aliphatic carboxylic acids is 1. The largest absolute Gasteiger partial charge is 0.478 e.